The van der Waals surface area contributed by atoms with Crippen LogP contribution in [0.25, 0.3) is 0 Å². The van der Waals surface area contributed by atoms with E-state index in [1.165, 1.54) is 31.6 Å². The van der Waals surface area contributed by atoms with E-state index in [9.17, 15) is 17.3 Å². The Morgan fingerprint density at radius 3 is 1.07 bits per heavy atom. The molecule has 0 saturated heterocycles. The van der Waals surface area contributed by atoms with Crippen LogP contribution >= 0.6 is 16.5 Å². The first-order valence-corrected chi connectivity index (χ1v) is 13.8. The predicted octanol–water partition coefficient (Wildman–Crippen LogP) is 9.96. The van der Waals surface area contributed by atoms with E-state index in [-0.39, 0.29) is 27.4 Å². The molecule has 0 nitrogen and oxygen atoms in total. The predicted molar refractivity (Wildman–Crippen MR) is 133 cm³/mol. The maximum atomic E-state index is 9.75. The Morgan fingerprint density at radius 2 is 0.967 bits per heavy atom. The molecule has 0 bridgehead atoms. The molecular formula is C22H46BF4P2Rh-. The molecule has 0 aromatic heterocycles. The molecule has 1 atom stereocenters. The maximum Gasteiger partial charge on any atom is 0.673 e. The summed E-state index contributed by atoms with van der Waals surface area (Å²) in [5, 5.41) is 1.05. The van der Waals surface area contributed by atoms with Crippen molar-refractivity contribution in [2.75, 3.05) is 12.6 Å². The van der Waals surface area contributed by atoms with Gasteiger partial charge in [0.2, 0.25) is 0 Å². The van der Waals surface area contributed by atoms with E-state index in [0.29, 0.717) is 10.3 Å². The fourth-order valence-corrected chi connectivity index (χ4v) is 9.57. The summed E-state index contributed by atoms with van der Waals surface area (Å²) in [5.74, 6) is 2.28. The van der Waals surface area contributed by atoms with Gasteiger partial charge in [-0.25, -0.2) is 0 Å². The van der Waals surface area contributed by atoms with Gasteiger partial charge in [0.15, 0.2) is 0 Å². The van der Waals surface area contributed by atoms with E-state index in [2.05, 4.69) is 93.3 Å². The van der Waals surface area contributed by atoms with Crippen LogP contribution in [-0.4, -0.2) is 30.1 Å². The van der Waals surface area contributed by atoms with Gasteiger partial charge in [0.05, 0.1) is 0 Å². The van der Waals surface area contributed by atoms with Crippen LogP contribution < -0.4 is 0 Å². The zero-order chi connectivity index (χ0) is 23.7. The normalized spacial score (nSPS) is 14.5. The van der Waals surface area contributed by atoms with Crippen molar-refractivity contribution < 1.29 is 36.7 Å². The molecule has 1 rings (SSSR count). The zero-order valence-corrected chi connectivity index (χ0v) is 24.3. The summed E-state index contributed by atoms with van der Waals surface area (Å²) in [5.41, 5.74) is 0. The van der Waals surface area contributed by atoms with Gasteiger partial charge in [-0.2, -0.15) is 0 Å². The number of rotatable bonds is 2. The van der Waals surface area contributed by atoms with Crippen LogP contribution in [0.2, 0.25) is 0 Å². The molecule has 1 radical (unpaired) electrons. The Hall–Kier alpha value is 0.748. The van der Waals surface area contributed by atoms with Crippen LogP contribution in [0.4, 0.5) is 17.3 Å². The molecule has 0 N–H and O–H groups in total. The van der Waals surface area contributed by atoms with E-state index >= 15 is 0 Å². The van der Waals surface area contributed by atoms with Gasteiger partial charge in [-0.05, 0) is 54.5 Å². The third-order valence-corrected chi connectivity index (χ3v) is 9.04. The molecule has 0 fully saturated rings. The third kappa shape index (κ3) is 39.2. The van der Waals surface area contributed by atoms with Gasteiger partial charge < -0.3 is 17.3 Å². The Morgan fingerprint density at radius 1 is 0.767 bits per heavy atom. The van der Waals surface area contributed by atoms with Crippen LogP contribution in [0.5, 0.6) is 0 Å². The summed E-state index contributed by atoms with van der Waals surface area (Å²) in [6.07, 6.45) is 14.0. The van der Waals surface area contributed by atoms with Gasteiger partial charge in [0, 0.05) is 19.5 Å². The summed E-state index contributed by atoms with van der Waals surface area (Å²) in [6.45, 7) is 23.2. The van der Waals surface area contributed by atoms with E-state index in [1.807, 2.05) is 0 Å². The van der Waals surface area contributed by atoms with E-state index in [1.54, 1.807) is 0 Å². The van der Waals surface area contributed by atoms with Crippen molar-refractivity contribution in [1.29, 1.82) is 0 Å². The van der Waals surface area contributed by atoms with Crippen LogP contribution in [0, 0.1) is 5.92 Å². The topological polar surface area (TPSA) is 0 Å². The monoisotopic (exact) mass is 562 g/mol. The molecule has 0 aromatic carbocycles. The largest absolute Gasteiger partial charge is 0.673 e. The second kappa shape index (κ2) is 20.4. The van der Waals surface area contributed by atoms with Gasteiger partial charge in [0.1, 0.15) is 0 Å². The number of allylic oxidation sites excluding steroid dienone is 4. The van der Waals surface area contributed by atoms with E-state index in [0.717, 1.165) is 14.5 Å². The van der Waals surface area contributed by atoms with Gasteiger partial charge >= 0.3 is 7.25 Å². The number of halogens is 4. The van der Waals surface area contributed by atoms with Crippen molar-refractivity contribution in [1.82, 2.24) is 0 Å². The average molecular weight is 562 g/mol. The standard InChI is InChI=1S/C10H24P2.C8H12.C4H10.BF4.Rh/c1-9(2,3)12(8-11-7)10(4,5)6;1-2-4-6-8-7-5-3-1;1-4(2)3;2-1(3,4)5;/h11H,8H2,1-7H3;1-2,7-8H,3-6H2;4H,1-3H3;;/q;;;-1;. The SMILES string of the molecule is C1=CCCC=CCC1.CC(C)C.CPCP(C(C)(C)C)C(C)(C)C.F[B-](F)(F)F.[Rh]. The maximum absolute atomic E-state index is 9.75. The zero-order valence-electron chi connectivity index (χ0n) is 20.8. The Balaban J connectivity index is -0.000000163. The second-order valence-electron chi connectivity index (χ2n) is 9.61. The van der Waals surface area contributed by atoms with E-state index in [4.69, 9.17) is 0 Å². The van der Waals surface area contributed by atoms with Crippen molar-refractivity contribution in [2.24, 2.45) is 5.92 Å². The van der Waals surface area contributed by atoms with Crippen LogP contribution in [0.3, 0.4) is 0 Å². The van der Waals surface area contributed by atoms with Gasteiger partial charge in [0.25, 0.3) is 0 Å². The van der Waals surface area contributed by atoms with Crippen molar-refractivity contribution in [3.63, 3.8) is 0 Å². The van der Waals surface area contributed by atoms with Crippen molar-refractivity contribution in [2.45, 2.75) is 98.3 Å². The van der Waals surface area contributed by atoms with Gasteiger partial charge in [-0.15, -0.1) is 8.58 Å². The van der Waals surface area contributed by atoms with Crippen molar-refractivity contribution >= 4 is 23.8 Å². The molecule has 30 heavy (non-hydrogen) atoms. The first kappa shape index (κ1) is 38.0. The van der Waals surface area contributed by atoms with Gasteiger partial charge in [-0.3, -0.25) is 0 Å². The van der Waals surface area contributed by atoms with Crippen molar-refractivity contribution in [3.05, 3.63) is 24.3 Å². The third-order valence-electron chi connectivity index (χ3n) is 3.27. The smallest absolute Gasteiger partial charge is 0.418 e. The first-order chi connectivity index (χ1) is 12.9. The Kier molecular flexibility index (Phi) is 25.8. The summed E-state index contributed by atoms with van der Waals surface area (Å²) in [6, 6.07) is 0. The molecule has 185 valence electrons. The molecule has 1 aliphatic carbocycles. The molecule has 0 aliphatic heterocycles. The molecular weight excluding hydrogens is 516 g/mol. The second-order valence-corrected chi connectivity index (χ2v) is 15.1. The summed E-state index contributed by atoms with van der Waals surface area (Å²) in [7, 11) is -4.72. The Labute approximate surface area is 201 Å². The number of hydrogen-bond acceptors (Lipinski definition) is 0. The minimum atomic E-state index is -6.00. The molecule has 8 heteroatoms. The molecule has 0 aromatic rings. The fraction of sp³-hybridized carbons (Fsp3) is 0.818. The molecule has 1 unspecified atom stereocenters. The number of hydrogen-bond donors (Lipinski definition) is 0. The average Bonchev–Trinajstić information content (AvgIpc) is 2.39. The van der Waals surface area contributed by atoms with Crippen molar-refractivity contribution in [3.8, 4) is 0 Å². The fourth-order valence-electron chi connectivity index (χ4n) is 2.49. The minimum Gasteiger partial charge on any atom is -0.418 e. The summed E-state index contributed by atoms with van der Waals surface area (Å²) in [4.78, 5) is 0. The Bertz CT molecular complexity index is 378. The first-order valence-electron chi connectivity index (χ1n) is 10.5. The van der Waals surface area contributed by atoms with E-state index < -0.39 is 7.25 Å². The molecule has 0 heterocycles. The van der Waals surface area contributed by atoms with Gasteiger partial charge in [-0.1, -0.05) is 94.5 Å². The summed E-state index contributed by atoms with van der Waals surface area (Å²) >= 11 is 0. The summed E-state index contributed by atoms with van der Waals surface area (Å²) < 4.78 is 39.0. The molecule has 0 spiro atoms. The van der Waals surface area contributed by atoms with Crippen LogP contribution in [-0.2, 0) is 19.5 Å². The molecule has 0 amide bonds. The van der Waals surface area contributed by atoms with Crippen LogP contribution in [0.1, 0.15) is 88.0 Å². The minimum absolute atomic E-state index is 0. The molecule has 1 aliphatic rings. The van der Waals surface area contributed by atoms with Crippen LogP contribution in [0.15, 0.2) is 24.3 Å². The quantitative estimate of drug-likeness (QED) is 0.136. The molecule has 0 saturated carbocycles.